The lowest BCUT2D eigenvalue weighted by Gasteiger charge is -2.46. The zero-order chi connectivity index (χ0) is 21.5. The Morgan fingerprint density at radius 2 is 1.84 bits per heavy atom. The molecular weight excluding hydrogens is 458 g/mol. The topological polar surface area (TPSA) is 94.2 Å². The van der Waals surface area contributed by atoms with E-state index in [0.717, 1.165) is 41.4 Å². The van der Waals surface area contributed by atoms with Crippen molar-refractivity contribution in [3.8, 4) is 6.07 Å². The van der Waals surface area contributed by atoms with Crippen molar-refractivity contribution in [3.63, 3.8) is 0 Å². The molecule has 0 radical (unpaired) electrons. The fraction of sp³-hybridized carbons (Fsp3) is 0.609. The van der Waals surface area contributed by atoms with Crippen LogP contribution in [0.15, 0.2) is 21.2 Å². The molecule has 2 bridgehead atoms. The lowest BCUT2D eigenvalue weighted by molar-refractivity contribution is -0.120. The summed E-state index contributed by atoms with van der Waals surface area (Å²) in [6.07, 6.45) is 11.1. The molecule has 1 unspecified atom stereocenters. The number of carbonyl (C=O) groups excluding carboxylic acids is 1. The lowest BCUT2D eigenvalue weighted by atomic mass is 9.86. The first-order valence-corrected chi connectivity index (χ1v) is 12.1. The normalized spacial score (nSPS) is 30.8. The summed E-state index contributed by atoms with van der Waals surface area (Å²) in [4.78, 5) is 18.8. The maximum atomic E-state index is 11.5. The van der Waals surface area contributed by atoms with Crippen LogP contribution in [0.3, 0.4) is 0 Å². The predicted molar refractivity (Wildman–Crippen MR) is 122 cm³/mol. The van der Waals surface area contributed by atoms with Gasteiger partial charge in [-0.1, -0.05) is 0 Å². The molecule has 3 atom stereocenters. The molecule has 1 amide bonds. The summed E-state index contributed by atoms with van der Waals surface area (Å²) in [6.45, 7) is 1.63. The molecule has 3 aliphatic rings. The molecule has 5 rings (SSSR count). The first-order chi connectivity index (χ1) is 15.0. The number of nitrogens with one attached hydrogen (secondary N) is 2. The number of pyridine rings is 1. The Morgan fingerprint density at radius 3 is 2.48 bits per heavy atom. The summed E-state index contributed by atoms with van der Waals surface area (Å²) in [5.41, 5.74) is 0.621. The van der Waals surface area contributed by atoms with Gasteiger partial charge in [0, 0.05) is 48.6 Å². The first-order valence-electron chi connectivity index (χ1n) is 11.3. The van der Waals surface area contributed by atoms with E-state index in [1.165, 1.54) is 25.7 Å². The summed E-state index contributed by atoms with van der Waals surface area (Å²) >= 11 is 3.64. The number of rotatable bonds is 4. The quantitative estimate of drug-likeness (QED) is 0.669. The van der Waals surface area contributed by atoms with Crippen molar-refractivity contribution in [1.29, 1.82) is 5.26 Å². The van der Waals surface area contributed by atoms with E-state index in [1.54, 1.807) is 19.2 Å². The van der Waals surface area contributed by atoms with Gasteiger partial charge in [0.15, 0.2) is 5.58 Å². The summed E-state index contributed by atoms with van der Waals surface area (Å²) < 4.78 is 6.33. The molecule has 2 aromatic rings. The zero-order valence-corrected chi connectivity index (χ0v) is 19.3. The highest BCUT2D eigenvalue weighted by atomic mass is 79.9. The Balaban J connectivity index is 1.20. The average Bonchev–Trinajstić information content (AvgIpc) is 3.29. The number of carbonyl (C=O) groups is 1. The number of anilines is 1. The molecule has 1 saturated carbocycles. The van der Waals surface area contributed by atoms with Crippen LogP contribution < -0.4 is 10.6 Å². The van der Waals surface area contributed by atoms with E-state index < -0.39 is 0 Å². The van der Waals surface area contributed by atoms with Crippen molar-refractivity contribution in [2.45, 2.75) is 88.5 Å². The molecular formula is C23H28BrN5O2. The number of aromatic nitrogens is 1. The smallest absolute Gasteiger partial charge is 0.217 e. The predicted octanol–water partition coefficient (Wildman–Crippen LogP) is 4.32. The van der Waals surface area contributed by atoms with Crippen molar-refractivity contribution >= 4 is 38.6 Å². The highest BCUT2D eigenvalue weighted by molar-refractivity contribution is 9.10. The van der Waals surface area contributed by atoms with Crippen LogP contribution in [0.5, 0.6) is 0 Å². The molecule has 3 fully saturated rings. The van der Waals surface area contributed by atoms with Crippen LogP contribution in [0.2, 0.25) is 0 Å². The largest absolute Gasteiger partial charge is 0.444 e. The van der Waals surface area contributed by atoms with E-state index in [1.807, 2.05) is 6.07 Å². The number of fused-ring (bicyclic) bond motifs is 3. The van der Waals surface area contributed by atoms with Gasteiger partial charge in [-0.3, -0.25) is 9.69 Å². The summed E-state index contributed by atoms with van der Waals surface area (Å²) in [5, 5.41) is 16.7. The van der Waals surface area contributed by atoms with Gasteiger partial charge in [-0.15, -0.1) is 0 Å². The third kappa shape index (κ3) is 4.06. The number of amides is 1. The Labute approximate surface area is 190 Å². The van der Waals surface area contributed by atoms with E-state index in [9.17, 15) is 4.79 Å². The van der Waals surface area contributed by atoms with Crippen molar-refractivity contribution < 1.29 is 9.21 Å². The van der Waals surface area contributed by atoms with Gasteiger partial charge in [0.25, 0.3) is 0 Å². The molecule has 1 aliphatic carbocycles. The van der Waals surface area contributed by atoms with Crippen LogP contribution >= 0.6 is 15.9 Å². The molecule has 8 heteroatoms. The maximum absolute atomic E-state index is 11.5. The third-order valence-electron chi connectivity index (χ3n) is 7.28. The Morgan fingerprint density at radius 1 is 1.16 bits per heavy atom. The van der Waals surface area contributed by atoms with Crippen LogP contribution in [-0.2, 0) is 4.79 Å². The maximum Gasteiger partial charge on any atom is 0.217 e. The highest BCUT2D eigenvalue weighted by Gasteiger charge is 2.44. The molecule has 164 valence electrons. The molecule has 0 aromatic carbocycles. The minimum Gasteiger partial charge on any atom is -0.444 e. The van der Waals surface area contributed by atoms with E-state index in [0.29, 0.717) is 41.6 Å². The van der Waals surface area contributed by atoms with Crippen molar-refractivity contribution in [1.82, 2.24) is 15.2 Å². The number of piperidine rings is 1. The molecule has 2 aliphatic heterocycles. The first kappa shape index (κ1) is 20.8. The molecule has 2 N–H and O–H groups in total. The van der Waals surface area contributed by atoms with E-state index >= 15 is 0 Å². The number of halogens is 1. The highest BCUT2D eigenvalue weighted by Crippen LogP contribution is 2.41. The van der Waals surface area contributed by atoms with Gasteiger partial charge >= 0.3 is 0 Å². The van der Waals surface area contributed by atoms with Crippen LogP contribution in [-0.4, -0.2) is 46.0 Å². The standard InChI is InChI=1S/C23H28BrN5O2/c1-13(30)27-15-8-17-6-7-18(9-15)29(17)16-4-2-14(3-5-16)28-23-22(24)20-10-19(11-25)31-21(20)12-26-23/h10,12,14-18H,2-9H2,1H3,(H,26,28)(H,27,30)/t14?,15?,16?,17-,18+. The van der Waals surface area contributed by atoms with Gasteiger partial charge in [-0.25, -0.2) is 4.98 Å². The second kappa shape index (κ2) is 8.44. The molecule has 7 nitrogen and oxygen atoms in total. The minimum absolute atomic E-state index is 0.0988. The van der Waals surface area contributed by atoms with Crippen LogP contribution in [0.4, 0.5) is 5.82 Å². The van der Waals surface area contributed by atoms with Crippen molar-refractivity contribution in [2.75, 3.05) is 5.32 Å². The second-order valence-corrected chi connectivity index (χ2v) is 10.1. The summed E-state index contributed by atoms with van der Waals surface area (Å²) in [7, 11) is 0. The number of nitrogens with zero attached hydrogens (tertiary/aromatic N) is 3. The van der Waals surface area contributed by atoms with E-state index in [2.05, 4.69) is 36.4 Å². The molecule has 2 saturated heterocycles. The van der Waals surface area contributed by atoms with Gasteiger partial charge < -0.3 is 15.1 Å². The monoisotopic (exact) mass is 485 g/mol. The van der Waals surface area contributed by atoms with E-state index in [-0.39, 0.29) is 5.91 Å². The van der Waals surface area contributed by atoms with Crippen LogP contribution in [0.25, 0.3) is 11.0 Å². The van der Waals surface area contributed by atoms with Gasteiger partial charge in [0.1, 0.15) is 11.9 Å². The summed E-state index contributed by atoms with van der Waals surface area (Å²) in [5.74, 6) is 1.21. The third-order valence-corrected chi connectivity index (χ3v) is 8.09. The second-order valence-electron chi connectivity index (χ2n) is 9.27. The van der Waals surface area contributed by atoms with E-state index in [4.69, 9.17) is 9.68 Å². The van der Waals surface area contributed by atoms with Crippen LogP contribution in [0, 0.1) is 11.3 Å². The van der Waals surface area contributed by atoms with Gasteiger partial charge in [-0.2, -0.15) is 5.26 Å². The van der Waals surface area contributed by atoms with Gasteiger partial charge in [0.2, 0.25) is 11.7 Å². The zero-order valence-electron chi connectivity index (χ0n) is 17.7. The number of nitriles is 1. The van der Waals surface area contributed by atoms with Gasteiger partial charge in [-0.05, 0) is 67.3 Å². The van der Waals surface area contributed by atoms with Crippen molar-refractivity contribution in [2.24, 2.45) is 0 Å². The minimum atomic E-state index is 0.0988. The number of furan rings is 1. The Kier molecular flexibility index (Phi) is 5.65. The average molecular weight is 486 g/mol. The fourth-order valence-corrected chi connectivity index (χ4v) is 6.59. The summed E-state index contributed by atoms with van der Waals surface area (Å²) in [6, 6.07) is 6.45. The van der Waals surface area contributed by atoms with Crippen LogP contribution in [0.1, 0.15) is 64.1 Å². The number of hydrogen-bond acceptors (Lipinski definition) is 6. The van der Waals surface area contributed by atoms with Gasteiger partial charge in [0.05, 0.1) is 10.7 Å². The fourth-order valence-electron chi connectivity index (χ4n) is 6.06. The number of hydrogen-bond donors (Lipinski definition) is 2. The Bertz CT molecular complexity index is 1010. The van der Waals surface area contributed by atoms with Crippen molar-refractivity contribution in [3.05, 3.63) is 22.5 Å². The SMILES string of the molecule is CC(=O)NC1C[C@H]2CC[C@@H](C1)N2C1CCC(Nc2ncc3oc(C#N)cc3c2Br)CC1. The lowest BCUT2D eigenvalue weighted by Crippen LogP contribution is -2.54. The molecule has 2 aromatic heterocycles. The Hall–Kier alpha value is -2.11. The molecule has 0 spiro atoms. The molecule has 4 heterocycles. The molecule has 31 heavy (non-hydrogen) atoms.